The molecule has 1 saturated heterocycles. The van der Waals surface area contributed by atoms with Crippen molar-refractivity contribution in [1.82, 2.24) is 10.2 Å². The molecule has 3 N–H and O–H groups in total. The summed E-state index contributed by atoms with van der Waals surface area (Å²) in [6, 6.07) is 9.26. The van der Waals surface area contributed by atoms with Crippen molar-refractivity contribution in [1.29, 1.82) is 0 Å². The van der Waals surface area contributed by atoms with Gasteiger partial charge in [0.1, 0.15) is 6.04 Å². The Morgan fingerprint density at radius 3 is 2.45 bits per heavy atom. The topological polar surface area (TPSA) is 75.4 Å². The van der Waals surface area contributed by atoms with Gasteiger partial charge in [-0.05, 0) is 18.4 Å². The third-order valence-corrected chi connectivity index (χ3v) is 4.12. The van der Waals surface area contributed by atoms with Crippen LogP contribution in [0.5, 0.6) is 0 Å². The van der Waals surface area contributed by atoms with Gasteiger partial charge < -0.3 is 16.0 Å². The van der Waals surface area contributed by atoms with Crippen LogP contribution in [0.15, 0.2) is 30.3 Å². The van der Waals surface area contributed by atoms with Gasteiger partial charge in [0.15, 0.2) is 0 Å². The van der Waals surface area contributed by atoms with E-state index < -0.39 is 6.04 Å². The molecule has 1 aliphatic heterocycles. The molecule has 1 aromatic carbocycles. The van der Waals surface area contributed by atoms with E-state index in [4.69, 9.17) is 5.73 Å². The highest BCUT2D eigenvalue weighted by atomic mass is 16.2. The van der Waals surface area contributed by atoms with Crippen molar-refractivity contribution in [3.63, 3.8) is 0 Å². The number of nitrogens with zero attached hydrogens (tertiary/aromatic N) is 1. The molecule has 1 aliphatic rings. The lowest BCUT2D eigenvalue weighted by Gasteiger charge is -2.25. The summed E-state index contributed by atoms with van der Waals surface area (Å²) in [4.78, 5) is 26.7. The van der Waals surface area contributed by atoms with Crippen molar-refractivity contribution in [3.8, 4) is 0 Å². The van der Waals surface area contributed by atoms with Crippen molar-refractivity contribution in [2.45, 2.75) is 32.2 Å². The minimum Gasteiger partial charge on any atom is -0.344 e. The number of carbonyl (C=O) groups is 2. The van der Waals surface area contributed by atoms with Crippen LogP contribution >= 0.6 is 0 Å². The van der Waals surface area contributed by atoms with Crippen molar-refractivity contribution in [2.75, 3.05) is 19.6 Å². The molecule has 120 valence electrons. The number of nitrogens with two attached hydrogens (primary N) is 1. The zero-order valence-electron chi connectivity index (χ0n) is 13.1. The zero-order chi connectivity index (χ0) is 15.9. The van der Waals surface area contributed by atoms with E-state index in [0.29, 0.717) is 6.42 Å². The lowest BCUT2D eigenvalue weighted by Crippen LogP contribution is -2.50. The highest BCUT2D eigenvalue weighted by Gasteiger charge is 2.28. The monoisotopic (exact) mass is 303 g/mol. The van der Waals surface area contributed by atoms with Crippen LogP contribution in [0.3, 0.4) is 0 Å². The predicted octanol–water partition coefficient (Wildman–Crippen LogP) is 0.931. The Bertz CT molecular complexity index is 498. The maximum absolute atomic E-state index is 12.7. The first-order valence-corrected chi connectivity index (χ1v) is 7.95. The van der Waals surface area contributed by atoms with Crippen LogP contribution in [0.4, 0.5) is 0 Å². The molecule has 2 rings (SSSR count). The lowest BCUT2D eigenvalue weighted by atomic mass is 10.0. The summed E-state index contributed by atoms with van der Waals surface area (Å²) in [5.74, 6) is -0.431. The summed E-state index contributed by atoms with van der Waals surface area (Å²) in [6.45, 7) is 3.62. The molecule has 22 heavy (non-hydrogen) atoms. The van der Waals surface area contributed by atoms with Gasteiger partial charge >= 0.3 is 0 Å². The average molecular weight is 303 g/mol. The lowest BCUT2D eigenvalue weighted by molar-refractivity contribution is -0.136. The Hall–Kier alpha value is -1.88. The minimum atomic E-state index is -0.512. The maximum atomic E-state index is 12.7. The van der Waals surface area contributed by atoms with Crippen LogP contribution in [-0.4, -0.2) is 42.4 Å². The molecule has 0 aromatic heterocycles. The van der Waals surface area contributed by atoms with E-state index in [-0.39, 0.29) is 24.3 Å². The number of amides is 2. The molecule has 1 fully saturated rings. The standard InChI is InChI=1S/C17H25N3O2/c1-13(12-18)16(21)19-15(11-14-7-3-2-4-8-14)17(22)20-9-5-6-10-20/h2-4,7-8,13,15H,5-6,9-12,18H2,1H3,(H,19,21). The van der Waals surface area contributed by atoms with Gasteiger partial charge in [0.25, 0.3) is 0 Å². The molecule has 0 radical (unpaired) electrons. The maximum Gasteiger partial charge on any atom is 0.245 e. The molecule has 0 aliphatic carbocycles. The van der Waals surface area contributed by atoms with E-state index in [2.05, 4.69) is 5.32 Å². The van der Waals surface area contributed by atoms with E-state index in [1.807, 2.05) is 35.2 Å². The van der Waals surface area contributed by atoms with Crippen LogP contribution in [-0.2, 0) is 16.0 Å². The molecule has 0 saturated carbocycles. The molecule has 5 nitrogen and oxygen atoms in total. The minimum absolute atomic E-state index is 0.0129. The Morgan fingerprint density at radius 2 is 1.86 bits per heavy atom. The fourth-order valence-corrected chi connectivity index (χ4v) is 2.63. The fraction of sp³-hybridized carbons (Fsp3) is 0.529. The summed E-state index contributed by atoms with van der Waals surface area (Å²) in [5.41, 5.74) is 6.59. The average Bonchev–Trinajstić information content (AvgIpc) is 3.08. The molecule has 0 spiro atoms. The van der Waals surface area contributed by atoms with E-state index in [0.717, 1.165) is 31.5 Å². The number of hydrogen-bond donors (Lipinski definition) is 2. The van der Waals surface area contributed by atoms with Gasteiger partial charge in [-0.15, -0.1) is 0 Å². The summed E-state index contributed by atoms with van der Waals surface area (Å²) in [6.07, 6.45) is 2.59. The van der Waals surface area contributed by atoms with Gasteiger partial charge in [-0.2, -0.15) is 0 Å². The SMILES string of the molecule is CC(CN)C(=O)NC(Cc1ccccc1)C(=O)N1CCCC1. The van der Waals surface area contributed by atoms with E-state index in [1.165, 1.54) is 0 Å². The number of nitrogens with one attached hydrogen (secondary N) is 1. The predicted molar refractivity (Wildman–Crippen MR) is 86.1 cm³/mol. The molecule has 5 heteroatoms. The molecule has 1 heterocycles. The van der Waals surface area contributed by atoms with Crippen LogP contribution in [0, 0.1) is 5.92 Å². The molecule has 2 unspecified atom stereocenters. The van der Waals surface area contributed by atoms with Gasteiger partial charge in [-0.25, -0.2) is 0 Å². The van der Waals surface area contributed by atoms with Crippen molar-refractivity contribution >= 4 is 11.8 Å². The highest BCUT2D eigenvalue weighted by Crippen LogP contribution is 2.12. The third-order valence-electron chi connectivity index (χ3n) is 4.12. The molecular weight excluding hydrogens is 278 g/mol. The van der Waals surface area contributed by atoms with Crippen LogP contribution in [0.2, 0.25) is 0 Å². The molecular formula is C17H25N3O2. The van der Waals surface area contributed by atoms with Gasteiger partial charge in [0, 0.05) is 32.0 Å². The number of hydrogen-bond acceptors (Lipinski definition) is 3. The van der Waals surface area contributed by atoms with Gasteiger partial charge in [-0.3, -0.25) is 9.59 Å². The summed E-state index contributed by atoms with van der Waals surface area (Å²) < 4.78 is 0. The third kappa shape index (κ3) is 4.31. The highest BCUT2D eigenvalue weighted by molar-refractivity contribution is 5.88. The largest absolute Gasteiger partial charge is 0.344 e. The first kappa shape index (κ1) is 16.5. The molecule has 1 aromatic rings. The molecule has 2 amide bonds. The van der Waals surface area contributed by atoms with Gasteiger partial charge in [-0.1, -0.05) is 37.3 Å². The molecule has 0 bridgehead atoms. The Balaban J connectivity index is 2.09. The summed E-state index contributed by atoms with van der Waals surface area (Å²) in [5, 5.41) is 2.88. The fourth-order valence-electron chi connectivity index (χ4n) is 2.63. The number of carbonyl (C=O) groups excluding carboxylic acids is 2. The second-order valence-electron chi connectivity index (χ2n) is 5.92. The molecule has 2 atom stereocenters. The van der Waals surface area contributed by atoms with E-state index in [1.54, 1.807) is 6.92 Å². The zero-order valence-corrected chi connectivity index (χ0v) is 13.1. The second kappa shape index (κ2) is 7.94. The Morgan fingerprint density at radius 1 is 1.23 bits per heavy atom. The normalized spacial score (nSPS) is 17.1. The summed E-state index contributed by atoms with van der Waals surface area (Å²) >= 11 is 0. The van der Waals surface area contributed by atoms with E-state index >= 15 is 0 Å². The van der Waals surface area contributed by atoms with Crippen LogP contribution in [0.25, 0.3) is 0 Å². The van der Waals surface area contributed by atoms with Gasteiger partial charge in [0.2, 0.25) is 11.8 Å². The number of benzene rings is 1. The first-order chi connectivity index (χ1) is 10.6. The van der Waals surface area contributed by atoms with Crippen molar-refractivity contribution < 1.29 is 9.59 Å². The summed E-state index contributed by atoms with van der Waals surface area (Å²) in [7, 11) is 0. The Kier molecular flexibility index (Phi) is 5.95. The van der Waals surface area contributed by atoms with Crippen molar-refractivity contribution in [2.24, 2.45) is 11.7 Å². The number of likely N-dealkylation sites (tertiary alicyclic amines) is 1. The van der Waals surface area contributed by atoms with Crippen LogP contribution < -0.4 is 11.1 Å². The number of rotatable bonds is 6. The van der Waals surface area contributed by atoms with Crippen LogP contribution in [0.1, 0.15) is 25.3 Å². The Labute approximate surface area is 131 Å². The second-order valence-corrected chi connectivity index (χ2v) is 5.92. The quantitative estimate of drug-likeness (QED) is 0.821. The van der Waals surface area contributed by atoms with Crippen molar-refractivity contribution in [3.05, 3.63) is 35.9 Å². The van der Waals surface area contributed by atoms with E-state index in [9.17, 15) is 9.59 Å². The first-order valence-electron chi connectivity index (χ1n) is 7.95. The smallest absolute Gasteiger partial charge is 0.245 e. The van der Waals surface area contributed by atoms with Gasteiger partial charge in [0.05, 0.1) is 0 Å².